The maximum atomic E-state index is 10.1. The van der Waals surface area contributed by atoms with Crippen LogP contribution in [0.4, 0.5) is 0 Å². The van der Waals surface area contributed by atoms with Gasteiger partial charge in [0.1, 0.15) is 0 Å². The van der Waals surface area contributed by atoms with Gasteiger partial charge >= 0.3 is 0 Å². The predicted octanol–water partition coefficient (Wildman–Crippen LogP) is 1.55. The van der Waals surface area contributed by atoms with Crippen molar-refractivity contribution in [1.29, 1.82) is 0 Å². The van der Waals surface area contributed by atoms with Gasteiger partial charge in [0.15, 0.2) is 0 Å². The van der Waals surface area contributed by atoms with E-state index in [1.807, 2.05) is 12.1 Å². The Balaban J connectivity index is 2.84. The van der Waals surface area contributed by atoms with Crippen molar-refractivity contribution in [2.45, 2.75) is 20.4 Å². The highest BCUT2D eigenvalue weighted by Crippen LogP contribution is 2.11. The largest absolute Gasteiger partial charge is 0.355 e. The molecule has 0 heterocycles. The molecular weight excluding hydrogens is 150 g/mol. The molecule has 12 heavy (non-hydrogen) atoms. The van der Waals surface area contributed by atoms with Crippen molar-refractivity contribution < 1.29 is 4.79 Å². The lowest BCUT2D eigenvalue weighted by Crippen LogP contribution is -2.11. The molecule has 0 bridgehead atoms. The molecule has 0 spiro atoms. The fourth-order valence-corrected chi connectivity index (χ4v) is 1.15. The van der Waals surface area contributed by atoms with Crippen LogP contribution in [-0.4, -0.2) is 6.41 Å². The summed E-state index contributed by atoms with van der Waals surface area (Å²) in [7, 11) is 0. The van der Waals surface area contributed by atoms with Crippen LogP contribution in [0.15, 0.2) is 18.2 Å². The summed E-state index contributed by atoms with van der Waals surface area (Å²) in [6.07, 6.45) is 0.724. The zero-order chi connectivity index (χ0) is 8.97. The number of carbonyl (C=O) groups excluding carboxylic acids is 1. The van der Waals surface area contributed by atoms with Gasteiger partial charge in [0.05, 0.1) is 0 Å². The summed E-state index contributed by atoms with van der Waals surface area (Å²) < 4.78 is 0. The number of hydrogen-bond acceptors (Lipinski definition) is 1. The Kier molecular flexibility index (Phi) is 2.86. The molecule has 1 aromatic carbocycles. The lowest BCUT2D eigenvalue weighted by atomic mass is 10.0. The molecule has 0 saturated heterocycles. The first-order valence-electron chi connectivity index (χ1n) is 3.98. The van der Waals surface area contributed by atoms with E-state index in [-0.39, 0.29) is 0 Å². The van der Waals surface area contributed by atoms with Crippen molar-refractivity contribution in [3.8, 4) is 0 Å². The molecule has 0 atom stereocenters. The zero-order valence-corrected chi connectivity index (χ0v) is 7.42. The number of amides is 1. The molecule has 0 saturated carbocycles. The van der Waals surface area contributed by atoms with Crippen LogP contribution in [-0.2, 0) is 11.3 Å². The Morgan fingerprint density at radius 1 is 1.42 bits per heavy atom. The van der Waals surface area contributed by atoms with Crippen LogP contribution in [0.2, 0.25) is 0 Å². The summed E-state index contributed by atoms with van der Waals surface area (Å²) in [4.78, 5) is 10.1. The summed E-state index contributed by atoms with van der Waals surface area (Å²) in [6.45, 7) is 4.76. The molecule has 0 aliphatic heterocycles. The number of benzene rings is 1. The second-order valence-electron chi connectivity index (χ2n) is 2.86. The van der Waals surface area contributed by atoms with Crippen LogP contribution in [0, 0.1) is 13.8 Å². The van der Waals surface area contributed by atoms with Gasteiger partial charge in [0.2, 0.25) is 6.41 Å². The molecule has 0 radical (unpaired) electrons. The van der Waals surface area contributed by atoms with E-state index in [1.165, 1.54) is 16.7 Å². The van der Waals surface area contributed by atoms with Crippen LogP contribution in [0.1, 0.15) is 16.7 Å². The van der Waals surface area contributed by atoms with E-state index in [0.717, 1.165) is 6.41 Å². The van der Waals surface area contributed by atoms with E-state index in [9.17, 15) is 4.79 Å². The molecular formula is C10H13NO. The molecule has 1 aromatic rings. The third kappa shape index (κ3) is 1.84. The predicted molar refractivity (Wildman–Crippen MR) is 48.8 cm³/mol. The summed E-state index contributed by atoms with van der Waals surface area (Å²) >= 11 is 0. The summed E-state index contributed by atoms with van der Waals surface area (Å²) in [6, 6.07) is 6.10. The Hall–Kier alpha value is -1.31. The molecule has 1 rings (SSSR count). The average Bonchev–Trinajstić information content (AvgIpc) is 2.08. The van der Waals surface area contributed by atoms with Crippen molar-refractivity contribution in [2.75, 3.05) is 0 Å². The highest BCUT2D eigenvalue weighted by atomic mass is 16.1. The Morgan fingerprint density at radius 3 is 2.83 bits per heavy atom. The number of hydrogen-bond donors (Lipinski definition) is 1. The van der Waals surface area contributed by atoms with Gasteiger partial charge in [-0.25, -0.2) is 0 Å². The van der Waals surface area contributed by atoms with Gasteiger partial charge in [0.25, 0.3) is 0 Å². The Bertz CT molecular complexity index is 281. The van der Waals surface area contributed by atoms with Crippen LogP contribution in [0.25, 0.3) is 0 Å². The lowest BCUT2D eigenvalue weighted by molar-refractivity contribution is -0.109. The minimum absolute atomic E-state index is 0.622. The number of nitrogens with one attached hydrogen (secondary N) is 1. The zero-order valence-electron chi connectivity index (χ0n) is 7.42. The van der Waals surface area contributed by atoms with Crippen molar-refractivity contribution >= 4 is 6.41 Å². The topological polar surface area (TPSA) is 29.1 Å². The first-order chi connectivity index (χ1) is 5.75. The fraction of sp³-hybridized carbons (Fsp3) is 0.300. The average molecular weight is 163 g/mol. The molecule has 2 heteroatoms. The maximum Gasteiger partial charge on any atom is 0.207 e. The summed E-state index contributed by atoms with van der Waals surface area (Å²) in [5.74, 6) is 0. The monoisotopic (exact) mass is 163 g/mol. The number of carbonyl (C=O) groups is 1. The summed E-state index contributed by atoms with van der Waals surface area (Å²) in [5, 5.41) is 2.65. The van der Waals surface area contributed by atoms with Gasteiger partial charge in [-0.1, -0.05) is 18.2 Å². The van der Waals surface area contributed by atoms with Crippen molar-refractivity contribution in [3.05, 3.63) is 34.9 Å². The highest BCUT2D eigenvalue weighted by molar-refractivity contribution is 5.47. The van der Waals surface area contributed by atoms with E-state index in [0.29, 0.717) is 6.54 Å². The number of aryl methyl sites for hydroxylation is 1. The van der Waals surface area contributed by atoms with Crippen molar-refractivity contribution in [3.63, 3.8) is 0 Å². The van der Waals surface area contributed by atoms with Gasteiger partial charge in [-0.15, -0.1) is 0 Å². The van der Waals surface area contributed by atoms with E-state index >= 15 is 0 Å². The smallest absolute Gasteiger partial charge is 0.207 e. The normalized spacial score (nSPS) is 9.50. The third-order valence-electron chi connectivity index (χ3n) is 2.09. The van der Waals surface area contributed by atoms with Crippen LogP contribution < -0.4 is 5.32 Å². The van der Waals surface area contributed by atoms with Crippen molar-refractivity contribution in [2.24, 2.45) is 0 Å². The Labute approximate surface area is 72.6 Å². The summed E-state index contributed by atoms with van der Waals surface area (Å²) in [5.41, 5.74) is 3.70. The molecule has 2 nitrogen and oxygen atoms in total. The molecule has 64 valence electrons. The lowest BCUT2D eigenvalue weighted by Gasteiger charge is -2.06. The van der Waals surface area contributed by atoms with Gasteiger partial charge in [-0.05, 0) is 30.5 Å². The molecule has 0 aliphatic rings. The van der Waals surface area contributed by atoms with Gasteiger partial charge in [0, 0.05) is 6.54 Å². The Morgan fingerprint density at radius 2 is 2.17 bits per heavy atom. The standard InChI is InChI=1S/C10H13NO/c1-8-4-3-5-10(9(8)2)6-11-7-12/h3-5,7H,6H2,1-2H3,(H,11,12). The maximum absolute atomic E-state index is 10.1. The third-order valence-corrected chi connectivity index (χ3v) is 2.09. The minimum atomic E-state index is 0.622. The SMILES string of the molecule is Cc1cccc(CNC=O)c1C. The highest BCUT2D eigenvalue weighted by Gasteiger charge is 1.98. The van der Waals surface area contributed by atoms with Crippen LogP contribution >= 0.6 is 0 Å². The minimum Gasteiger partial charge on any atom is -0.355 e. The second kappa shape index (κ2) is 3.90. The molecule has 0 aromatic heterocycles. The molecule has 0 aliphatic carbocycles. The van der Waals surface area contributed by atoms with Gasteiger partial charge in [-0.2, -0.15) is 0 Å². The van der Waals surface area contributed by atoms with E-state index in [2.05, 4.69) is 25.2 Å². The quantitative estimate of drug-likeness (QED) is 0.673. The van der Waals surface area contributed by atoms with Crippen LogP contribution in [0.5, 0.6) is 0 Å². The number of rotatable bonds is 3. The van der Waals surface area contributed by atoms with E-state index in [1.54, 1.807) is 0 Å². The van der Waals surface area contributed by atoms with Crippen molar-refractivity contribution in [1.82, 2.24) is 5.32 Å². The van der Waals surface area contributed by atoms with E-state index in [4.69, 9.17) is 0 Å². The fourth-order valence-electron chi connectivity index (χ4n) is 1.15. The molecule has 0 fully saturated rings. The van der Waals surface area contributed by atoms with Gasteiger partial charge in [-0.3, -0.25) is 4.79 Å². The first kappa shape index (κ1) is 8.78. The van der Waals surface area contributed by atoms with E-state index < -0.39 is 0 Å². The molecule has 0 unspecified atom stereocenters. The molecule has 1 N–H and O–H groups in total. The first-order valence-corrected chi connectivity index (χ1v) is 3.98. The second-order valence-corrected chi connectivity index (χ2v) is 2.86. The van der Waals surface area contributed by atoms with Gasteiger partial charge < -0.3 is 5.32 Å². The molecule has 1 amide bonds. The van der Waals surface area contributed by atoms with Crippen LogP contribution in [0.3, 0.4) is 0 Å².